The summed E-state index contributed by atoms with van der Waals surface area (Å²) in [5, 5.41) is 6.13. The SMILES string of the molecule is Cc1cccc(NC(=O)C2CCC(C(=O)NCCC3=CCCCC3)CC2)c1. The van der Waals surface area contributed by atoms with E-state index in [0.717, 1.165) is 49.9 Å². The predicted molar refractivity (Wildman–Crippen MR) is 109 cm³/mol. The number of benzene rings is 1. The number of anilines is 1. The van der Waals surface area contributed by atoms with E-state index in [2.05, 4.69) is 16.7 Å². The van der Waals surface area contributed by atoms with Crippen LogP contribution in [0.2, 0.25) is 0 Å². The lowest BCUT2D eigenvalue weighted by atomic mass is 9.81. The van der Waals surface area contributed by atoms with Crippen LogP contribution in [0.5, 0.6) is 0 Å². The number of amides is 2. The quantitative estimate of drug-likeness (QED) is 0.712. The van der Waals surface area contributed by atoms with Gasteiger partial charge in [0.1, 0.15) is 0 Å². The van der Waals surface area contributed by atoms with Crippen LogP contribution < -0.4 is 10.6 Å². The van der Waals surface area contributed by atoms with E-state index in [9.17, 15) is 9.59 Å². The lowest BCUT2D eigenvalue weighted by Crippen LogP contribution is -2.36. The molecule has 2 aliphatic carbocycles. The van der Waals surface area contributed by atoms with Gasteiger partial charge in [-0.3, -0.25) is 9.59 Å². The molecule has 0 saturated heterocycles. The highest BCUT2D eigenvalue weighted by molar-refractivity contribution is 5.92. The fraction of sp³-hybridized carbons (Fsp3) is 0.565. The zero-order valence-electron chi connectivity index (χ0n) is 16.4. The summed E-state index contributed by atoms with van der Waals surface area (Å²) >= 11 is 0. The minimum absolute atomic E-state index is 0.0157. The number of carbonyl (C=O) groups excluding carboxylic acids is 2. The Balaban J connectivity index is 1.38. The van der Waals surface area contributed by atoms with Crippen molar-refractivity contribution in [1.82, 2.24) is 5.32 Å². The molecule has 1 aromatic rings. The van der Waals surface area contributed by atoms with Gasteiger partial charge in [0.2, 0.25) is 11.8 Å². The molecule has 146 valence electrons. The molecule has 3 rings (SSSR count). The number of carbonyl (C=O) groups is 2. The second-order valence-electron chi connectivity index (χ2n) is 8.06. The molecule has 1 saturated carbocycles. The molecule has 2 N–H and O–H groups in total. The van der Waals surface area contributed by atoms with E-state index in [-0.39, 0.29) is 23.7 Å². The molecule has 2 aliphatic rings. The van der Waals surface area contributed by atoms with Gasteiger partial charge in [-0.1, -0.05) is 23.8 Å². The molecule has 2 amide bonds. The van der Waals surface area contributed by atoms with Crippen molar-refractivity contribution in [3.63, 3.8) is 0 Å². The summed E-state index contributed by atoms with van der Waals surface area (Å²) in [7, 11) is 0. The second-order valence-corrected chi connectivity index (χ2v) is 8.06. The molecule has 0 heterocycles. The average Bonchev–Trinajstić information content (AvgIpc) is 2.69. The van der Waals surface area contributed by atoms with Crippen LogP contribution in [0.1, 0.15) is 63.4 Å². The van der Waals surface area contributed by atoms with Crippen LogP contribution in [-0.2, 0) is 9.59 Å². The van der Waals surface area contributed by atoms with Crippen molar-refractivity contribution in [3.8, 4) is 0 Å². The third kappa shape index (κ3) is 5.95. The Morgan fingerprint density at radius 3 is 2.44 bits per heavy atom. The van der Waals surface area contributed by atoms with Gasteiger partial charge in [0.05, 0.1) is 0 Å². The third-order valence-corrected chi connectivity index (χ3v) is 5.88. The maximum absolute atomic E-state index is 12.5. The number of allylic oxidation sites excluding steroid dienone is 1. The Hall–Kier alpha value is -2.10. The molecule has 27 heavy (non-hydrogen) atoms. The number of hydrogen-bond donors (Lipinski definition) is 2. The largest absolute Gasteiger partial charge is 0.356 e. The topological polar surface area (TPSA) is 58.2 Å². The van der Waals surface area contributed by atoms with Crippen LogP contribution in [0.4, 0.5) is 5.69 Å². The zero-order chi connectivity index (χ0) is 19.1. The molecule has 0 atom stereocenters. The van der Waals surface area contributed by atoms with Crippen molar-refractivity contribution in [2.75, 3.05) is 11.9 Å². The monoisotopic (exact) mass is 368 g/mol. The van der Waals surface area contributed by atoms with Gasteiger partial charge in [-0.15, -0.1) is 0 Å². The van der Waals surface area contributed by atoms with E-state index in [4.69, 9.17) is 0 Å². The molecule has 0 aliphatic heterocycles. The summed E-state index contributed by atoms with van der Waals surface area (Å²) in [4.78, 5) is 24.9. The molecule has 0 radical (unpaired) electrons. The smallest absolute Gasteiger partial charge is 0.227 e. The standard InChI is InChI=1S/C23H32N2O2/c1-17-6-5-9-21(16-17)25-23(27)20-12-10-19(11-13-20)22(26)24-15-14-18-7-3-2-4-8-18/h5-7,9,16,19-20H,2-4,8,10-15H2,1H3,(H,24,26)(H,25,27). The van der Waals surface area contributed by atoms with Gasteiger partial charge in [-0.2, -0.15) is 0 Å². The van der Waals surface area contributed by atoms with Crippen molar-refractivity contribution in [2.45, 2.75) is 64.7 Å². The van der Waals surface area contributed by atoms with Gasteiger partial charge in [0.15, 0.2) is 0 Å². The molecule has 0 aromatic heterocycles. The van der Waals surface area contributed by atoms with Gasteiger partial charge in [0.25, 0.3) is 0 Å². The van der Waals surface area contributed by atoms with Crippen molar-refractivity contribution in [2.24, 2.45) is 11.8 Å². The number of nitrogens with one attached hydrogen (secondary N) is 2. The van der Waals surface area contributed by atoms with Crippen molar-refractivity contribution >= 4 is 17.5 Å². The summed E-state index contributed by atoms with van der Waals surface area (Å²) in [6.45, 7) is 2.77. The molecule has 4 nitrogen and oxygen atoms in total. The molecule has 0 unspecified atom stereocenters. The number of aryl methyl sites for hydroxylation is 1. The van der Waals surface area contributed by atoms with Gasteiger partial charge in [0, 0.05) is 24.1 Å². The van der Waals surface area contributed by atoms with Crippen molar-refractivity contribution in [1.29, 1.82) is 0 Å². The van der Waals surface area contributed by atoms with Gasteiger partial charge < -0.3 is 10.6 Å². The normalized spacial score (nSPS) is 22.6. The van der Waals surface area contributed by atoms with Crippen LogP contribution in [0, 0.1) is 18.8 Å². The Morgan fingerprint density at radius 1 is 1.04 bits per heavy atom. The molecule has 0 spiro atoms. The predicted octanol–water partition coefficient (Wildman–Crippen LogP) is 4.75. The Morgan fingerprint density at radius 2 is 1.78 bits per heavy atom. The lowest BCUT2D eigenvalue weighted by Gasteiger charge is -2.27. The van der Waals surface area contributed by atoms with Crippen LogP contribution in [0.15, 0.2) is 35.9 Å². The molecule has 4 heteroatoms. The van der Waals surface area contributed by atoms with Gasteiger partial charge in [-0.05, 0) is 82.4 Å². The summed E-state index contributed by atoms with van der Waals surface area (Å²) in [5.41, 5.74) is 3.49. The fourth-order valence-corrected chi connectivity index (χ4v) is 4.21. The van der Waals surface area contributed by atoms with Crippen molar-refractivity contribution in [3.05, 3.63) is 41.5 Å². The van der Waals surface area contributed by atoms with Crippen LogP contribution in [0.25, 0.3) is 0 Å². The first-order valence-electron chi connectivity index (χ1n) is 10.4. The van der Waals surface area contributed by atoms with E-state index in [1.807, 2.05) is 31.2 Å². The first-order chi connectivity index (χ1) is 13.1. The minimum Gasteiger partial charge on any atom is -0.356 e. The van der Waals surface area contributed by atoms with E-state index in [1.54, 1.807) is 0 Å². The number of rotatable bonds is 6. The summed E-state index contributed by atoms with van der Waals surface area (Å²) in [6.07, 6.45) is 11.5. The maximum atomic E-state index is 12.5. The third-order valence-electron chi connectivity index (χ3n) is 5.88. The van der Waals surface area contributed by atoms with Crippen LogP contribution in [0.3, 0.4) is 0 Å². The highest BCUT2D eigenvalue weighted by Crippen LogP contribution is 2.30. The molecule has 0 bridgehead atoms. The summed E-state index contributed by atoms with van der Waals surface area (Å²) < 4.78 is 0. The van der Waals surface area contributed by atoms with Gasteiger partial charge in [-0.25, -0.2) is 0 Å². The maximum Gasteiger partial charge on any atom is 0.227 e. The average molecular weight is 369 g/mol. The van der Waals surface area contributed by atoms with Crippen LogP contribution >= 0.6 is 0 Å². The molecular formula is C23H32N2O2. The first kappa shape index (κ1) is 19.7. The minimum atomic E-state index is 0.0157. The van der Waals surface area contributed by atoms with E-state index in [0.29, 0.717) is 0 Å². The first-order valence-corrected chi connectivity index (χ1v) is 10.4. The number of hydrogen-bond acceptors (Lipinski definition) is 2. The molecular weight excluding hydrogens is 336 g/mol. The van der Waals surface area contributed by atoms with Crippen molar-refractivity contribution < 1.29 is 9.59 Å². The molecule has 1 fully saturated rings. The van der Waals surface area contributed by atoms with E-state index in [1.165, 1.54) is 31.3 Å². The molecule has 1 aromatic carbocycles. The van der Waals surface area contributed by atoms with Gasteiger partial charge >= 0.3 is 0 Å². The Bertz CT molecular complexity index is 687. The van der Waals surface area contributed by atoms with Crippen LogP contribution in [-0.4, -0.2) is 18.4 Å². The summed E-state index contributed by atoms with van der Waals surface area (Å²) in [5.74, 6) is 0.336. The lowest BCUT2D eigenvalue weighted by molar-refractivity contribution is -0.128. The van der Waals surface area contributed by atoms with E-state index >= 15 is 0 Å². The second kappa shape index (κ2) is 9.72. The Kier molecular flexibility index (Phi) is 7.08. The summed E-state index contributed by atoms with van der Waals surface area (Å²) in [6, 6.07) is 7.88. The highest BCUT2D eigenvalue weighted by Gasteiger charge is 2.29. The zero-order valence-corrected chi connectivity index (χ0v) is 16.4. The highest BCUT2D eigenvalue weighted by atomic mass is 16.2. The fourth-order valence-electron chi connectivity index (χ4n) is 4.21. The van der Waals surface area contributed by atoms with E-state index < -0.39 is 0 Å². The Labute approximate surface area is 162 Å².